The van der Waals surface area contributed by atoms with Crippen LogP contribution in [0.4, 0.5) is 0 Å². The Hall–Kier alpha value is -2.67. The Labute approximate surface area is 156 Å². The van der Waals surface area contributed by atoms with E-state index in [0.29, 0.717) is 6.42 Å². The van der Waals surface area contributed by atoms with Gasteiger partial charge in [-0.05, 0) is 61.1 Å². The minimum Gasteiger partial charge on any atom is -0.298 e. The second kappa shape index (κ2) is 7.29. The Morgan fingerprint density at radius 2 is 1.12 bits per heavy atom. The van der Waals surface area contributed by atoms with Gasteiger partial charge in [0, 0.05) is 6.42 Å². The molecular weight excluding hydrogens is 316 g/mol. The topological polar surface area (TPSA) is 17.1 Å². The third-order valence-corrected chi connectivity index (χ3v) is 5.54. The maximum atomic E-state index is 13.7. The predicted molar refractivity (Wildman–Crippen MR) is 109 cm³/mol. The second-order valence-electron chi connectivity index (χ2n) is 7.28. The number of benzene rings is 3. The lowest BCUT2D eigenvalue weighted by Crippen LogP contribution is -2.36. The van der Waals surface area contributed by atoms with E-state index in [2.05, 4.69) is 64.1 Å². The summed E-state index contributed by atoms with van der Waals surface area (Å²) in [5.74, 6) is 0.232. The first-order valence-corrected chi connectivity index (χ1v) is 9.14. The highest BCUT2D eigenvalue weighted by Gasteiger charge is 2.38. The van der Waals surface area contributed by atoms with Gasteiger partial charge >= 0.3 is 0 Å². The molecule has 0 aliphatic carbocycles. The van der Waals surface area contributed by atoms with E-state index in [1.807, 2.05) is 36.4 Å². The monoisotopic (exact) mass is 342 g/mol. The molecule has 0 N–H and O–H groups in total. The SMILES string of the molecule is Cc1ccccc1CC(=O)C(C)(c1ccccc1C)c1ccccc1C. The van der Waals surface area contributed by atoms with E-state index in [-0.39, 0.29) is 5.78 Å². The average Bonchev–Trinajstić information content (AvgIpc) is 2.63. The maximum Gasteiger partial charge on any atom is 0.151 e. The summed E-state index contributed by atoms with van der Waals surface area (Å²) >= 11 is 0. The molecule has 0 amide bonds. The minimum atomic E-state index is -0.668. The van der Waals surface area contributed by atoms with Crippen LogP contribution in [-0.4, -0.2) is 5.78 Å². The van der Waals surface area contributed by atoms with Crippen LogP contribution in [0.3, 0.4) is 0 Å². The van der Waals surface area contributed by atoms with E-state index in [1.54, 1.807) is 0 Å². The van der Waals surface area contributed by atoms with Crippen LogP contribution in [0.5, 0.6) is 0 Å². The van der Waals surface area contributed by atoms with Crippen molar-refractivity contribution in [2.75, 3.05) is 0 Å². The lowest BCUT2D eigenvalue weighted by molar-refractivity contribution is -0.122. The lowest BCUT2D eigenvalue weighted by atomic mass is 9.69. The van der Waals surface area contributed by atoms with Crippen molar-refractivity contribution in [2.24, 2.45) is 0 Å². The first kappa shape index (κ1) is 18.1. The van der Waals surface area contributed by atoms with Crippen molar-refractivity contribution in [1.82, 2.24) is 0 Å². The van der Waals surface area contributed by atoms with Crippen LogP contribution >= 0.6 is 0 Å². The van der Waals surface area contributed by atoms with Gasteiger partial charge in [-0.15, -0.1) is 0 Å². The van der Waals surface area contributed by atoms with Gasteiger partial charge in [-0.3, -0.25) is 4.79 Å². The Balaban J connectivity index is 2.16. The van der Waals surface area contributed by atoms with Crippen LogP contribution in [0, 0.1) is 20.8 Å². The van der Waals surface area contributed by atoms with Crippen LogP contribution in [-0.2, 0) is 16.6 Å². The van der Waals surface area contributed by atoms with Gasteiger partial charge in [0.2, 0.25) is 0 Å². The summed E-state index contributed by atoms with van der Waals surface area (Å²) in [5, 5.41) is 0. The van der Waals surface area contributed by atoms with Crippen LogP contribution < -0.4 is 0 Å². The first-order valence-electron chi connectivity index (χ1n) is 9.14. The van der Waals surface area contributed by atoms with Crippen LogP contribution in [0.25, 0.3) is 0 Å². The molecule has 1 heteroatoms. The zero-order chi connectivity index (χ0) is 18.7. The van der Waals surface area contributed by atoms with Crippen molar-refractivity contribution >= 4 is 5.78 Å². The highest BCUT2D eigenvalue weighted by molar-refractivity contribution is 5.95. The Morgan fingerprint density at radius 3 is 1.58 bits per heavy atom. The molecule has 0 aromatic heterocycles. The van der Waals surface area contributed by atoms with E-state index >= 15 is 0 Å². The summed E-state index contributed by atoms with van der Waals surface area (Å²) in [6, 6.07) is 24.6. The van der Waals surface area contributed by atoms with Gasteiger partial charge < -0.3 is 0 Å². The van der Waals surface area contributed by atoms with Crippen LogP contribution in [0.15, 0.2) is 72.8 Å². The van der Waals surface area contributed by atoms with Crippen molar-refractivity contribution in [3.63, 3.8) is 0 Å². The number of carbonyl (C=O) groups excluding carboxylic acids is 1. The van der Waals surface area contributed by atoms with Gasteiger partial charge in [-0.1, -0.05) is 72.8 Å². The van der Waals surface area contributed by atoms with Crippen molar-refractivity contribution in [3.8, 4) is 0 Å². The van der Waals surface area contributed by atoms with Crippen molar-refractivity contribution < 1.29 is 4.79 Å². The van der Waals surface area contributed by atoms with Gasteiger partial charge in [0.1, 0.15) is 0 Å². The number of rotatable bonds is 5. The average molecular weight is 342 g/mol. The summed E-state index contributed by atoms with van der Waals surface area (Å²) in [5.41, 5.74) is 6.08. The molecule has 0 fully saturated rings. The molecule has 0 saturated carbocycles. The Bertz CT molecular complexity index is 891. The number of hydrogen-bond donors (Lipinski definition) is 0. The minimum absolute atomic E-state index is 0.232. The molecule has 132 valence electrons. The molecule has 26 heavy (non-hydrogen) atoms. The maximum absolute atomic E-state index is 13.7. The molecule has 0 saturated heterocycles. The molecule has 3 aromatic carbocycles. The fourth-order valence-electron chi connectivity index (χ4n) is 3.87. The number of ketones is 1. The van der Waals surface area contributed by atoms with Gasteiger partial charge in [0.15, 0.2) is 5.78 Å². The summed E-state index contributed by atoms with van der Waals surface area (Å²) in [6.45, 7) is 8.33. The van der Waals surface area contributed by atoms with Crippen molar-refractivity contribution in [2.45, 2.75) is 39.5 Å². The van der Waals surface area contributed by atoms with E-state index in [0.717, 1.165) is 33.4 Å². The molecule has 0 bridgehead atoms. The summed E-state index contributed by atoms with van der Waals surface area (Å²) in [6.07, 6.45) is 0.436. The Kier molecular flexibility index (Phi) is 5.08. The molecule has 1 nitrogen and oxygen atoms in total. The number of hydrogen-bond acceptors (Lipinski definition) is 1. The molecule has 0 radical (unpaired) electrons. The smallest absolute Gasteiger partial charge is 0.151 e. The van der Waals surface area contributed by atoms with E-state index in [4.69, 9.17) is 0 Å². The predicted octanol–water partition coefficient (Wildman–Crippen LogP) is 5.73. The fraction of sp³-hybridized carbons (Fsp3) is 0.240. The van der Waals surface area contributed by atoms with Gasteiger partial charge in [0.05, 0.1) is 5.41 Å². The molecule has 0 aliphatic heterocycles. The van der Waals surface area contributed by atoms with Gasteiger partial charge in [0.25, 0.3) is 0 Å². The normalized spacial score (nSPS) is 11.4. The highest BCUT2D eigenvalue weighted by atomic mass is 16.1. The third-order valence-electron chi connectivity index (χ3n) is 5.54. The largest absolute Gasteiger partial charge is 0.298 e. The molecule has 0 atom stereocenters. The highest BCUT2D eigenvalue weighted by Crippen LogP contribution is 2.37. The van der Waals surface area contributed by atoms with Gasteiger partial charge in [-0.2, -0.15) is 0 Å². The molecule has 0 unspecified atom stereocenters. The summed E-state index contributed by atoms with van der Waals surface area (Å²) in [4.78, 5) is 13.7. The van der Waals surface area contributed by atoms with E-state index < -0.39 is 5.41 Å². The van der Waals surface area contributed by atoms with Crippen LogP contribution in [0.1, 0.15) is 40.3 Å². The zero-order valence-corrected chi connectivity index (χ0v) is 16.0. The van der Waals surface area contributed by atoms with Crippen molar-refractivity contribution in [1.29, 1.82) is 0 Å². The summed E-state index contributed by atoms with van der Waals surface area (Å²) in [7, 11) is 0. The quantitative estimate of drug-likeness (QED) is 0.579. The fourth-order valence-corrected chi connectivity index (χ4v) is 3.87. The van der Waals surface area contributed by atoms with Crippen LogP contribution in [0.2, 0.25) is 0 Å². The zero-order valence-electron chi connectivity index (χ0n) is 16.0. The van der Waals surface area contributed by atoms with E-state index in [9.17, 15) is 4.79 Å². The first-order chi connectivity index (χ1) is 12.4. The number of aryl methyl sites for hydroxylation is 3. The standard InChI is InChI=1S/C25H26O/c1-18-11-5-8-14-21(18)17-24(26)25(4,22-15-9-6-12-19(22)2)23-16-10-7-13-20(23)3/h5-16H,17H2,1-4H3. The van der Waals surface area contributed by atoms with Crippen molar-refractivity contribution in [3.05, 3.63) is 106 Å². The molecule has 0 heterocycles. The second-order valence-corrected chi connectivity index (χ2v) is 7.28. The van der Waals surface area contributed by atoms with Gasteiger partial charge in [-0.25, -0.2) is 0 Å². The number of Topliss-reactive ketones (excluding diaryl/α,β-unsaturated/α-hetero) is 1. The van der Waals surface area contributed by atoms with E-state index in [1.165, 1.54) is 0 Å². The summed E-state index contributed by atoms with van der Waals surface area (Å²) < 4.78 is 0. The molecular formula is C25H26O. The molecule has 0 spiro atoms. The molecule has 3 rings (SSSR count). The third kappa shape index (κ3) is 3.22. The lowest BCUT2D eigenvalue weighted by Gasteiger charge is -2.32. The number of carbonyl (C=O) groups is 1. The Morgan fingerprint density at radius 1 is 0.692 bits per heavy atom. The molecule has 0 aliphatic rings. The molecule has 3 aromatic rings.